The number of piperidine rings is 1. The van der Waals surface area contributed by atoms with Gasteiger partial charge in [-0.25, -0.2) is 0 Å². The molecule has 1 saturated heterocycles. The lowest BCUT2D eigenvalue weighted by atomic mass is 9.93. The predicted octanol–water partition coefficient (Wildman–Crippen LogP) is 0.923. The second-order valence-electron chi connectivity index (χ2n) is 8.50. The maximum absolute atomic E-state index is 11.6. The molecule has 1 aliphatic rings. The van der Waals surface area contributed by atoms with Gasteiger partial charge in [-0.1, -0.05) is 30.3 Å². The third kappa shape index (κ3) is 5.61. The lowest BCUT2D eigenvalue weighted by Gasteiger charge is -2.43. The summed E-state index contributed by atoms with van der Waals surface area (Å²) in [5, 5.41) is 62.1. The Morgan fingerprint density at radius 1 is 1.06 bits per heavy atom. The van der Waals surface area contributed by atoms with Crippen LogP contribution >= 0.6 is 0 Å². The first kappa shape index (κ1) is 24.6. The Morgan fingerprint density at radius 3 is 2.46 bits per heavy atom. The molecular formula is C24H27N5O6. The molecule has 4 rings (SSSR count). The Morgan fingerprint density at radius 2 is 1.80 bits per heavy atom. The van der Waals surface area contributed by atoms with Crippen molar-refractivity contribution in [1.29, 1.82) is 0 Å². The van der Waals surface area contributed by atoms with E-state index in [0.29, 0.717) is 30.0 Å². The van der Waals surface area contributed by atoms with Crippen molar-refractivity contribution in [2.45, 2.75) is 37.4 Å². The first-order chi connectivity index (χ1) is 16.9. The van der Waals surface area contributed by atoms with Crippen LogP contribution in [0.1, 0.15) is 11.1 Å². The quantitative estimate of drug-likeness (QED) is 0.231. The molecule has 0 bridgehead atoms. The molecule has 1 aliphatic heterocycles. The molecule has 0 saturated carbocycles. The molecule has 5 N–H and O–H groups in total. The normalized spacial score (nSPS) is 22.6. The van der Waals surface area contributed by atoms with Crippen molar-refractivity contribution in [3.8, 4) is 11.3 Å². The third-order valence-corrected chi connectivity index (χ3v) is 6.17. The number of aromatic nitrogens is 2. The summed E-state index contributed by atoms with van der Waals surface area (Å²) in [5.41, 5.74) is 3.25. The van der Waals surface area contributed by atoms with Crippen LogP contribution in [0.2, 0.25) is 0 Å². The van der Waals surface area contributed by atoms with E-state index in [4.69, 9.17) is 0 Å². The lowest BCUT2D eigenvalue weighted by molar-refractivity contribution is -0.383. The van der Waals surface area contributed by atoms with E-state index in [9.17, 15) is 30.5 Å². The van der Waals surface area contributed by atoms with Gasteiger partial charge in [0.1, 0.15) is 17.9 Å². The molecule has 35 heavy (non-hydrogen) atoms. The van der Waals surface area contributed by atoms with Gasteiger partial charge in [-0.15, -0.1) is 0 Å². The molecule has 2 aromatic carbocycles. The van der Waals surface area contributed by atoms with Gasteiger partial charge in [0.2, 0.25) is 0 Å². The first-order valence-electron chi connectivity index (χ1n) is 11.1. The van der Waals surface area contributed by atoms with E-state index in [1.165, 1.54) is 12.3 Å². The van der Waals surface area contributed by atoms with Crippen LogP contribution in [0, 0.1) is 10.1 Å². The minimum Gasteiger partial charge on any atom is -0.395 e. The van der Waals surface area contributed by atoms with Crippen LogP contribution in [0.4, 0.5) is 11.4 Å². The number of rotatable bonds is 8. The third-order valence-electron chi connectivity index (χ3n) is 6.17. The van der Waals surface area contributed by atoms with E-state index < -0.39 is 29.3 Å². The van der Waals surface area contributed by atoms with Gasteiger partial charge in [0, 0.05) is 37.5 Å². The number of nitro benzene ring substituents is 1. The van der Waals surface area contributed by atoms with Crippen molar-refractivity contribution in [1.82, 2.24) is 15.1 Å². The van der Waals surface area contributed by atoms with Crippen molar-refractivity contribution in [2.75, 3.05) is 18.5 Å². The van der Waals surface area contributed by atoms with Gasteiger partial charge in [-0.2, -0.15) is 10.2 Å². The van der Waals surface area contributed by atoms with Crippen molar-refractivity contribution >= 4 is 11.4 Å². The van der Waals surface area contributed by atoms with Crippen molar-refractivity contribution in [3.63, 3.8) is 0 Å². The minimum atomic E-state index is -1.30. The van der Waals surface area contributed by atoms with E-state index in [0.717, 1.165) is 11.1 Å². The summed E-state index contributed by atoms with van der Waals surface area (Å²) in [4.78, 5) is 12.9. The second kappa shape index (κ2) is 10.8. The average Bonchev–Trinajstić information content (AvgIpc) is 2.87. The number of anilines is 1. The minimum absolute atomic E-state index is 0.0655. The number of hydrogen-bond donors (Lipinski definition) is 5. The molecule has 2 heterocycles. The fourth-order valence-electron chi connectivity index (χ4n) is 4.20. The Labute approximate surface area is 201 Å². The summed E-state index contributed by atoms with van der Waals surface area (Å²) >= 11 is 0. The number of nitro groups is 1. The van der Waals surface area contributed by atoms with Gasteiger partial charge < -0.3 is 25.7 Å². The number of aliphatic hydroxyl groups is 4. The molecule has 3 aromatic rings. The fourth-order valence-corrected chi connectivity index (χ4v) is 4.20. The highest BCUT2D eigenvalue weighted by molar-refractivity contribution is 5.71. The standard InChI is InChI=1S/C24H27N5O6/c30-14-21-23(32)24(33)22(31)13-28(21)12-16-5-3-15(4-6-16)11-25-19-8-7-17(10-20(19)29(34)35)18-2-1-9-26-27-18/h1-10,21-25,30-33H,11-14H2/t21-,22+,23-,24-/m1/s1. The summed E-state index contributed by atoms with van der Waals surface area (Å²) in [6.07, 6.45) is -2.11. The van der Waals surface area contributed by atoms with E-state index in [2.05, 4.69) is 15.5 Å². The van der Waals surface area contributed by atoms with Gasteiger partial charge in [0.25, 0.3) is 5.69 Å². The molecule has 0 aliphatic carbocycles. The number of likely N-dealkylation sites (tertiary alicyclic amines) is 1. The van der Waals surface area contributed by atoms with E-state index in [1.807, 2.05) is 24.3 Å². The fraction of sp³-hybridized carbons (Fsp3) is 0.333. The number of β-amino-alcohol motifs (C(OH)–C–C–N with tert-alkyl or cyclic N) is 1. The van der Waals surface area contributed by atoms with E-state index >= 15 is 0 Å². The van der Waals surface area contributed by atoms with Gasteiger partial charge in [-0.05, 0) is 29.3 Å². The SMILES string of the molecule is O=[N+]([O-])c1cc(-c2cccnn2)ccc1NCc1ccc(CN2C[C@H](O)[C@@H](O)[C@H](O)[C@H]2CO)cc1. The summed E-state index contributed by atoms with van der Waals surface area (Å²) in [5.74, 6) is 0. The maximum Gasteiger partial charge on any atom is 0.293 e. The summed E-state index contributed by atoms with van der Waals surface area (Å²) in [6.45, 7) is 0.510. The zero-order chi connectivity index (χ0) is 24.9. The Balaban J connectivity index is 1.42. The van der Waals surface area contributed by atoms with E-state index in [-0.39, 0.29) is 18.8 Å². The zero-order valence-electron chi connectivity index (χ0n) is 18.8. The largest absolute Gasteiger partial charge is 0.395 e. The van der Waals surface area contributed by atoms with Crippen LogP contribution in [0.3, 0.4) is 0 Å². The first-order valence-corrected chi connectivity index (χ1v) is 11.1. The highest BCUT2D eigenvalue weighted by Gasteiger charge is 2.40. The Hall–Kier alpha value is -3.48. The average molecular weight is 482 g/mol. The second-order valence-corrected chi connectivity index (χ2v) is 8.50. The Kier molecular flexibility index (Phi) is 7.63. The molecule has 0 spiro atoms. The van der Waals surface area contributed by atoms with Gasteiger partial charge in [0.05, 0.1) is 29.4 Å². The topological polar surface area (TPSA) is 165 Å². The van der Waals surface area contributed by atoms with Crippen molar-refractivity contribution < 1.29 is 25.3 Å². The molecule has 184 valence electrons. The molecule has 1 fully saturated rings. The predicted molar refractivity (Wildman–Crippen MR) is 127 cm³/mol. The van der Waals surface area contributed by atoms with Crippen LogP contribution in [0.5, 0.6) is 0 Å². The number of aliphatic hydroxyl groups excluding tert-OH is 4. The summed E-state index contributed by atoms with van der Waals surface area (Å²) < 4.78 is 0. The molecule has 0 unspecified atom stereocenters. The highest BCUT2D eigenvalue weighted by atomic mass is 16.6. The van der Waals surface area contributed by atoms with Crippen LogP contribution in [0.15, 0.2) is 60.8 Å². The summed E-state index contributed by atoms with van der Waals surface area (Å²) in [7, 11) is 0. The highest BCUT2D eigenvalue weighted by Crippen LogP contribution is 2.30. The lowest BCUT2D eigenvalue weighted by Crippen LogP contribution is -2.62. The van der Waals surface area contributed by atoms with Gasteiger partial charge >= 0.3 is 0 Å². The molecule has 1 aromatic heterocycles. The molecule has 0 amide bonds. The summed E-state index contributed by atoms with van der Waals surface area (Å²) in [6, 6.07) is 15.1. The van der Waals surface area contributed by atoms with Crippen molar-refractivity contribution in [3.05, 3.63) is 82.0 Å². The van der Waals surface area contributed by atoms with Gasteiger partial charge in [-0.3, -0.25) is 15.0 Å². The molecule has 4 atom stereocenters. The van der Waals surface area contributed by atoms with Crippen LogP contribution in [-0.2, 0) is 13.1 Å². The number of nitrogens with one attached hydrogen (secondary N) is 1. The molecular weight excluding hydrogens is 454 g/mol. The number of benzene rings is 2. The number of nitrogens with zero attached hydrogens (tertiary/aromatic N) is 4. The van der Waals surface area contributed by atoms with Crippen LogP contribution in [0.25, 0.3) is 11.3 Å². The molecule has 0 radical (unpaired) electrons. The zero-order valence-corrected chi connectivity index (χ0v) is 18.8. The maximum atomic E-state index is 11.6. The number of hydrogen-bond acceptors (Lipinski definition) is 10. The Bertz CT molecular complexity index is 1150. The van der Waals surface area contributed by atoms with Crippen molar-refractivity contribution in [2.24, 2.45) is 0 Å². The van der Waals surface area contributed by atoms with Gasteiger partial charge in [0.15, 0.2) is 0 Å². The van der Waals surface area contributed by atoms with Crippen LogP contribution in [-0.4, -0.2) is 78.0 Å². The van der Waals surface area contributed by atoms with E-state index in [1.54, 1.807) is 29.2 Å². The molecule has 11 heteroatoms. The smallest absolute Gasteiger partial charge is 0.293 e. The monoisotopic (exact) mass is 481 g/mol. The van der Waals surface area contributed by atoms with Crippen LogP contribution < -0.4 is 5.32 Å². The molecule has 11 nitrogen and oxygen atoms in total.